The molecule has 2 aromatic carbocycles. The van der Waals surface area contributed by atoms with E-state index >= 15 is 0 Å². The van der Waals surface area contributed by atoms with Crippen LogP contribution in [0.15, 0.2) is 53.6 Å². The summed E-state index contributed by atoms with van der Waals surface area (Å²) in [7, 11) is -3.21. The van der Waals surface area contributed by atoms with Gasteiger partial charge in [-0.15, -0.1) is 5.10 Å². The van der Waals surface area contributed by atoms with Gasteiger partial charge in [0.15, 0.2) is 0 Å². The molecule has 0 unspecified atom stereocenters. The smallest absolute Gasteiger partial charge is 0.482 e. The Bertz CT molecular complexity index is 1780. The van der Waals surface area contributed by atoms with Gasteiger partial charge < -0.3 is 30.2 Å². The molecule has 16 heteroatoms. The summed E-state index contributed by atoms with van der Waals surface area (Å²) in [6.07, 6.45) is 3.44. The third kappa shape index (κ3) is 6.22. The van der Waals surface area contributed by atoms with Crippen LogP contribution in [-0.2, 0) is 43.6 Å². The van der Waals surface area contributed by atoms with Gasteiger partial charge in [0.25, 0.3) is 0 Å². The number of carbonyl (C=O) groups excluding carboxylic acids is 1. The maximum Gasteiger partial charge on any atom is 0.482 e. The van der Waals surface area contributed by atoms with Crippen LogP contribution in [-0.4, -0.2) is 72.3 Å². The number of nitrogen functional groups attached to an aromatic ring is 1. The number of hydrogen-bond acceptors (Lipinski definition) is 10. The van der Waals surface area contributed by atoms with Crippen LogP contribution in [0.4, 0.5) is 5.69 Å². The average molecular weight is 667 g/mol. The first-order chi connectivity index (χ1) is 22.2. The monoisotopic (exact) mass is 666 g/mol. The zero-order chi connectivity index (χ0) is 33.7. The molecule has 2 bridgehead atoms. The molecule has 250 valence electrons. The van der Waals surface area contributed by atoms with E-state index in [1.165, 1.54) is 48.3 Å². The molecule has 4 fully saturated rings. The Morgan fingerprint density at radius 2 is 1.94 bits per heavy atom. The van der Waals surface area contributed by atoms with Crippen LogP contribution in [0.1, 0.15) is 55.2 Å². The lowest BCUT2D eigenvalue weighted by Crippen LogP contribution is -2.65. The molecule has 47 heavy (non-hydrogen) atoms. The van der Waals surface area contributed by atoms with Crippen molar-refractivity contribution in [3.63, 3.8) is 0 Å². The molecule has 1 aromatic heterocycles. The van der Waals surface area contributed by atoms with Crippen molar-refractivity contribution in [1.29, 1.82) is 0 Å². The topological polar surface area (TPSA) is 197 Å². The number of nitrogens with zero attached hydrogens (tertiary/aromatic N) is 3. The summed E-state index contributed by atoms with van der Waals surface area (Å²) in [6, 6.07) is 10.6. The van der Waals surface area contributed by atoms with Gasteiger partial charge in [-0.25, -0.2) is 22.6 Å². The third-order valence-corrected chi connectivity index (χ3v) is 11.6. The van der Waals surface area contributed by atoms with E-state index in [1.807, 2.05) is 0 Å². The molecule has 3 aromatic rings. The number of aromatic nitrogens is 3. The summed E-state index contributed by atoms with van der Waals surface area (Å²) in [5.41, 5.74) is 6.58. The van der Waals surface area contributed by atoms with Crippen LogP contribution >= 0.6 is 0 Å². The summed E-state index contributed by atoms with van der Waals surface area (Å²) in [4.78, 5) is 25.4. The third-order valence-electron chi connectivity index (χ3n) is 10.1. The van der Waals surface area contributed by atoms with Gasteiger partial charge in [-0.1, -0.05) is 31.2 Å². The van der Waals surface area contributed by atoms with E-state index in [1.54, 1.807) is 12.1 Å². The lowest BCUT2D eigenvalue weighted by molar-refractivity contribution is -0.199. The molecule has 3 saturated carbocycles. The predicted molar refractivity (Wildman–Crippen MR) is 171 cm³/mol. The molecular formula is C31H39BN6O8S. The quantitative estimate of drug-likeness (QED) is 0.163. The second-order valence-corrected chi connectivity index (χ2v) is 15.1. The molecule has 0 radical (unpaired) electrons. The zero-order valence-electron chi connectivity index (χ0n) is 26.7. The van der Waals surface area contributed by atoms with Crippen molar-refractivity contribution >= 4 is 34.7 Å². The van der Waals surface area contributed by atoms with Crippen molar-refractivity contribution < 1.29 is 37.2 Å². The Balaban J connectivity index is 1.17. The largest absolute Gasteiger partial charge is 0.496 e. The molecule has 4 aliphatic rings. The van der Waals surface area contributed by atoms with Crippen molar-refractivity contribution in [3.05, 3.63) is 65.5 Å². The first kappa shape index (κ1) is 32.9. The molecule has 7 rings (SSSR count). The van der Waals surface area contributed by atoms with E-state index < -0.39 is 40.6 Å². The fourth-order valence-corrected chi connectivity index (χ4v) is 8.47. The predicted octanol–water partition coefficient (Wildman–Crippen LogP) is 2.04. The lowest BCUT2D eigenvalue weighted by Gasteiger charge is -2.64. The van der Waals surface area contributed by atoms with Crippen molar-refractivity contribution in [2.75, 3.05) is 12.8 Å². The number of carbonyl (C=O) groups is 2. The molecule has 3 aliphatic carbocycles. The van der Waals surface area contributed by atoms with E-state index in [0.717, 1.165) is 12.8 Å². The number of nitrogens with two attached hydrogens (primary N) is 1. The molecule has 5 atom stereocenters. The van der Waals surface area contributed by atoms with Crippen LogP contribution < -0.4 is 20.5 Å². The van der Waals surface area contributed by atoms with Gasteiger partial charge in [0.1, 0.15) is 17.9 Å². The number of amides is 1. The van der Waals surface area contributed by atoms with Gasteiger partial charge in [0.2, 0.25) is 15.9 Å². The normalized spacial score (nSPS) is 25.0. The average Bonchev–Trinajstić information content (AvgIpc) is 3.62. The summed E-state index contributed by atoms with van der Waals surface area (Å²) in [5, 5.41) is 20.7. The van der Waals surface area contributed by atoms with E-state index in [4.69, 9.17) is 19.8 Å². The molecule has 0 spiro atoms. The number of rotatable bonds is 12. The first-order valence-corrected chi connectivity index (χ1v) is 17.0. The minimum Gasteiger partial charge on any atom is -0.496 e. The van der Waals surface area contributed by atoms with Crippen molar-refractivity contribution in [1.82, 2.24) is 25.0 Å². The van der Waals surface area contributed by atoms with E-state index in [0.29, 0.717) is 28.8 Å². The minimum atomic E-state index is -3.82. The van der Waals surface area contributed by atoms with Gasteiger partial charge in [0.05, 0.1) is 48.1 Å². The Morgan fingerprint density at radius 3 is 2.62 bits per heavy atom. The van der Waals surface area contributed by atoms with Crippen LogP contribution in [0.5, 0.6) is 5.75 Å². The fourth-order valence-electron chi connectivity index (χ4n) is 7.47. The summed E-state index contributed by atoms with van der Waals surface area (Å²) < 4.78 is 47.7. The highest BCUT2D eigenvalue weighted by Gasteiger charge is 2.68. The van der Waals surface area contributed by atoms with Crippen molar-refractivity contribution in [2.45, 2.75) is 75.7 Å². The van der Waals surface area contributed by atoms with Crippen LogP contribution in [0.25, 0.3) is 0 Å². The van der Waals surface area contributed by atoms with Crippen LogP contribution in [0.3, 0.4) is 0 Å². The molecule has 1 aliphatic heterocycles. The molecule has 5 N–H and O–H groups in total. The number of benzene rings is 2. The summed E-state index contributed by atoms with van der Waals surface area (Å²) in [6.45, 7) is 6.26. The standard InChI is InChI=1S/C31H39BN6O8S/c1-30(2)19-13-24(30)31(3)25(14-19)45-32(46-31)26(12-18-6-5-7-23(29(40)41)28(18)44-4)35-27(39)17-38-16-21(36-37-38)15-34-47(42,43)22-10-8-20(33)9-11-22/h5-11,16,19,24-26,34H,12-15,17,33H2,1-4H3,(H,35,39)(H,40,41)/t19-,24-,25+,26-,31-/m0/s1. The summed E-state index contributed by atoms with van der Waals surface area (Å²) >= 11 is 0. The van der Waals surface area contributed by atoms with Gasteiger partial charge in [-0.3, -0.25) is 4.79 Å². The Morgan fingerprint density at radius 1 is 1.19 bits per heavy atom. The Hall–Kier alpha value is -3.99. The molecule has 1 amide bonds. The van der Waals surface area contributed by atoms with Crippen molar-refractivity contribution in [2.24, 2.45) is 17.3 Å². The number of ether oxygens (including phenoxy) is 1. The maximum absolute atomic E-state index is 13.5. The highest BCUT2D eigenvalue weighted by molar-refractivity contribution is 7.89. The number of sulfonamides is 1. The van der Waals surface area contributed by atoms with Crippen LogP contribution in [0, 0.1) is 17.3 Å². The van der Waals surface area contributed by atoms with Crippen molar-refractivity contribution in [3.8, 4) is 5.75 Å². The van der Waals surface area contributed by atoms with Gasteiger partial charge in [0, 0.05) is 5.69 Å². The number of aromatic carboxylic acids is 1. The van der Waals surface area contributed by atoms with Crippen LogP contribution in [0.2, 0.25) is 0 Å². The Labute approximate surface area is 273 Å². The SMILES string of the molecule is COc1c(C[C@H](NC(=O)Cn2cc(CNS(=O)(=O)c3ccc(N)cc3)nn2)B2O[C@@H]3C[C@@H]4C[C@@H](C4(C)C)[C@]3(C)O2)cccc1C(=O)O. The molecule has 2 heterocycles. The molecule has 1 saturated heterocycles. The maximum atomic E-state index is 13.5. The number of hydrogen-bond donors (Lipinski definition) is 4. The summed E-state index contributed by atoms with van der Waals surface area (Å²) in [5.74, 6) is -1.21. The van der Waals surface area contributed by atoms with E-state index in [9.17, 15) is 23.1 Å². The highest BCUT2D eigenvalue weighted by Crippen LogP contribution is 2.65. The lowest BCUT2D eigenvalue weighted by atomic mass is 9.43. The number of carboxylic acids is 1. The number of nitrogens with one attached hydrogen (secondary N) is 2. The number of anilines is 1. The second-order valence-electron chi connectivity index (χ2n) is 13.3. The van der Waals surface area contributed by atoms with Gasteiger partial charge >= 0.3 is 13.1 Å². The van der Waals surface area contributed by atoms with E-state index in [2.05, 4.69) is 41.1 Å². The number of methoxy groups -OCH3 is 1. The fraction of sp³-hybridized carbons (Fsp3) is 0.484. The van der Waals surface area contributed by atoms with E-state index in [-0.39, 0.29) is 47.2 Å². The number of para-hydroxylation sites is 1. The minimum absolute atomic E-state index is 0.00806. The first-order valence-electron chi connectivity index (χ1n) is 15.5. The Kier molecular flexibility index (Phi) is 8.57. The second kappa shape index (κ2) is 12.2. The number of carboxylic acid groups (broad SMARTS) is 1. The highest BCUT2D eigenvalue weighted by atomic mass is 32.2. The zero-order valence-corrected chi connectivity index (χ0v) is 27.5. The van der Waals surface area contributed by atoms with Gasteiger partial charge in [-0.05, 0) is 79.3 Å². The van der Waals surface area contributed by atoms with Gasteiger partial charge in [-0.2, -0.15) is 0 Å². The molecule has 14 nitrogen and oxygen atoms in total. The molecular weight excluding hydrogens is 627 g/mol.